The third-order valence-electron chi connectivity index (χ3n) is 3.49. The zero-order valence-electron chi connectivity index (χ0n) is 11.5. The molecule has 3 atom stereocenters. The maximum atomic E-state index is 5.70. The van der Waals surface area contributed by atoms with Gasteiger partial charge in [0.1, 0.15) is 0 Å². The summed E-state index contributed by atoms with van der Waals surface area (Å²) in [5.41, 5.74) is 0. The summed E-state index contributed by atoms with van der Waals surface area (Å²) in [5, 5.41) is 6.75. The highest BCUT2D eigenvalue weighted by atomic mass is 127. The number of hydrogen-bond donors (Lipinski definition) is 2. The molecular formula is C12H25IN4O. The van der Waals surface area contributed by atoms with E-state index in [9.17, 15) is 0 Å². The van der Waals surface area contributed by atoms with Crippen molar-refractivity contribution in [3.63, 3.8) is 0 Å². The van der Waals surface area contributed by atoms with Gasteiger partial charge < -0.3 is 20.3 Å². The largest absolute Gasteiger partial charge is 0.374 e. The molecule has 6 heteroatoms. The summed E-state index contributed by atoms with van der Waals surface area (Å²) >= 11 is 0. The molecule has 2 N–H and O–H groups in total. The topological polar surface area (TPSA) is 48.9 Å². The van der Waals surface area contributed by atoms with Crippen molar-refractivity contribution in [3.8, 4) is 0 Å². The highest BCUT2D eigenvalue weighted by Gasteiger charge is 2.33. The number of guanidine groups is 1. The Bertz CT molecular complexity index is 287. The molecule has 0 aromatic heterocycles. The average Bonchev–Trinajstić information content (AvgIpc) is 3.00. The monoisotopic (exact) mass is 368 g/mol. The summed E-state index contributed by atoms with van der Waals surface area (Å²) in [6.45, 7) is 5.93. The van der Waals surface area contributed by atoms with E-state index in [2.05, 4.69) is 34.5 Å². The number of morpholine rings is 1. The summed E-state index contributed by atoms with van der Waals surface area (Å²) in [6.07, 6.45) is 1.52. The fraction of sp³-hybridized carbons (Fsp3) is 0.917. The lowest BCUT2D eigenvalue weighted by Gasteiger charge is -2.30. The predicted octanol–water partition coefficient (Wildman–Crippen LogP) is 0.508. The molecule has 0 radical (unpaired) electrons. The molecule has 0 bridgehead atoms. The van der Waals surface area contributed by atoms with E-state index in [4.69, 9.17) is 4.74 Å². The van der Waals surface area contributed by atoms with Gasteiger partial charge in [-0.3, -0.25) is 4.99 Å². The zero-order valence-corrected chi connectivity index (χ0v) is 13.8. The Morgan fingerprint density at radius 3 is 2.78 bits per heavy atom. The fourth-order valence-electron chi connectivity index (χ4n) is 2.09. The molecule has 18 heavy (non-hydrogen) atoms. The number of likely N-dealkylation sites (N-methyl/N-ethyl adjacent to an activating group) is 1. The van der Waals surface area contributed by atoms with Gasteiger partial charge in [-0.05, 0) is 19.4 Å². The fourth-order valence-corrected chi connectivity index (χ4v) is 2.09. The molecule has 0 spiro atoms. The lowest BCUT2D eigenvalue weighted by molar-refractivity contribution is -0.0161. The molecule has 0 aromatic carbocycles. The third kappa shape index (κ3) is 4.89. The van der Waals surface area contributed by atoms with Crippen molar-refractivity contribution in [2.45, 2.75) is 25.5 Å². The molecule has 1 aliphatic carbocycles. The Morgan fingerprint density at radius 1 is 1.50 bits per heavy atom. The van der Waals surface area contributed by atoms with Crippen LogP contribution in [0.5, 0.6) is 0 Å². The van der Waals surface area contributed by atoms with Crippen molar-refractivity contribution < 1.29 is 4.74 Å². The van der Waals surface area contributed by atoms with Gasteiger partial charge in [0.2, 0.25) is 0 Å². The van der Waals surface area contributed by atoms with E-state index in [0.29, 0.717) is 6.04 Å². The molecule has 0 aromatic rings. The van der Waals surface area contributed by atoms with Gasteiger partial charge in [0.15, 0.2) is 5.96 Å². The van der Waals surface area contributed by atoms with Crippen LogP contribution in [-0.4, -0.2) is 63.3 Å². The Hall–Kier alpha value is -0.0800. The standard InChI is InChI=1S/C12H24N4O.HI/c1-9-6-11(9)15-12(13-2)14-7-10-8-16(3)4-5-17-10;/h9-11H,4-8H2,1-3H3,(H2,13,14,15);1H. The Balaban J connectivity index is 0.00000162. The van der Waals surface area contributed by atoms with E-state index < -0.39 is 0 Å². The lowest BCUT2D eigenvalue weighted by atomic mass is 10.3. The molecule has 106 valence electrons. The zero-order chi connectivity index (χ0) is 12.3. The molecule has 1 aliphatic heterocycles. The first-order valence-electron chi connectivity index (χ1n) is 6.46. The van der Waals surface area contributed by atoms with Crippen molar-refractivity contribution in [2.75, 3.05) is 40.3 Å². The molecule has 5 nitrogen and oxygen atoms in total. The van der Waals surface area contributed by atoms with E-state index in [1.54, 1.807) is 0 Å². The van der Waals surface area contributed by atoms with Crippen LogP contribution in [0, 0.1) is 5.92 Å². The van der Waals surface area contributed by atoms with E-state index in [1.807, 2.05) is 7.05 Å². The van der Waals surface area contributed by atoms with Crippen molar-refractivity contribution in [1.82, 2.24) is 15.5 Å². The molecule has 3 unspecified atom stereocenters. The van der Waals surface area contributed by atoms with Crippen LogP contribution in [0.3, 0.4) is 0 Å². The number of halogens is 1. The van der Waals surface area contributed by atoms with E-state index in [1.165, 1.54) is 6.42 Å². The van der Waals surface area contributed by atoms with E-state index >= 15 is 0 Å². The molecule has 1 heterocycles. The lowest BCUT2D eigenvalue weighted by Crippen LogP contribution is -2.48. The van der Waals surface area contributed by atoms with Crippen LogP contribution in [0.15, 0.2) is 4.99 Å². The highest BCUT2D eigenvalue weighted by Crippen LogP contribution is 2.28. The minimum atomic E-state index is 0. The van der Waals surface area contributed by atoms with Crippen LogP contribution >= 0.6 is 24.0 Å². The van der Waals surface area contributed by atoms with Gasteiger partial charge in [0, 0.05) is 32.7 Å². The van der Waals surface area contributed by atoms with Gasteiger partial charge in [0.25, 0.3) is 0 Å². The summed E-state index contributed by atoms with van der Waals surface area (Å²) in [4.78, 5) is 6.53. The van der Waals surface area contributed by atoms with Crippen molar-refractivity contribution >= 4 is 29.9 Å². The smallest absolute Gasteiger partial charge is 0.191 e. The van der Waals surface area contributed by atoms with E-state index in [0.717, 1.165) is 38.1 Å². The van der Waals surface area contributed by atoms with Gasteiger partial charge in [-0.15, -0.1) is 24.0 Å². The number of hydrogen-bond acceptors (Lipinski definition) is 3. The molecule has 1 saturated heterocycles. The molecule has 2 aliphatic rings. The van der Waals surface area contributed by atoms with Crippen LogP contribution in [0.25, 0.3) is 0 Å². The number of rotatable bonds is 3. The number of nitrogens with zero attached hydrogens (tertiary/aromatic N) is 2. The SMILES string of the molecule is CN=C(NCC1CN(C)CCO1)NC1CC1C.I. The molecule has 2 rings (SSSR count). The maximum absolute atomic E-state index is 5.70. The van der Waals surface area contributed by atoms with Gasteiger partial charge >= 0.3 is 0 Å². The first-order chi connectivity index (χ1) is 8.19. The second-order valence-electron chi connectivity index (χ2n) is 5.17. The quantitative estimate of drug-likeness (QED) is 0.433. The Labute approximate surface area is 127 Å². The van der Waals surface area contributed by atoms with Crippen molar-refractivity contribution in [3.05, 3.63) is 0 Å². The first-order valence-corrected chi connectivity index (χ1v) is 6.46. The average molecular weight is 368 g/mol. The van der Waals surface area contributed by atoms with Gasteiger partial charge in [-0.2, -0.15) is 0 Å². The Morgan fingerprint density at radius 2 is 2.22 bits per heavy atom. The molecule has 2 fully saturated rings. The second kappa shape index (κ2) is 7.49. The van der Waals surface area contributed by atoms with Crippen LogP contribution in [0.1, 0.15) is 13.3 Å². The highest BCUT2D eigenvalue weighted by molar-refractivity contribution is 14.0. The van der Waals surface area contributed by atoms with Crippen molar-refractivity contribution in [2.24, 2.45) is 10.9 Å². The number of nitrogens with one attached hydrogen (secondary N) is 2. The summed E-state index contributed by atoms with van der Waals surface area (Å²) in [7, 11) is 3.95. The first kappa shape index (κ1) is 16.0. The van der Waals surface area contributed by atoms with Crippen LogP contribution < -0.4 is 10.6 Å². The minimum absolute atomic E-state index is 0. The normalized spacial score (nSPS) is 32.6. The summed E-state index contributed by atoms with van der Waals surface area (Å²) < 4.78 is 5.70. The van der Waals surface area contributed by atoms with Gasteiger partial charge in [-0.1, -0.05) is 6.92 Å². The predicted molar refractivity (Wildman–Crippen MR) is 84.7 cm³/mol. The minimum Gasteiger partial charge on any atom is -0.374 e. The molecular weight excluding hydrogens is 343 g/mol. The van der Waals surface area contributed by atoms with Crippen molar-refractivity contribution in [1.29, 1.82) is 0 Å². The maximum Gasteiger partial charge on any atom is 0.191 e. The number of ether oxygens (including phenoxy) is 1. The molecule has 0 amide bonds. The van der Waals surface area contributed by atoms with Crippen LogP contribution in [-0.2, 0) is 4.74 Å². The van der Waals surface area contributed by atoms with E-state index in [-0.39, 0.29) is 30.1 Å². The third-order valence-corrected chi connectivity index (χ3v) is 3.49. The second-order valence-corrected chi connectivity index (χ2v) is 5.17. The summed E-state index contributed by atoms with van der Waals surface area (Å²) in [6, 6.07) is 0.608. The summed E-state index contributed by atoms with van der Waals surface area (Å²) in [5.74, 6) is 1.68. The van der Waals surface area contributed by atoms with Crippen LogP contribution in [0.4, 0.5) is 0 Å². The molecule has 1 saturated carbocycles. The van der Waals surface area contributed by atoms with Crippen LogP contribution in [0.2, 0.25) is 0 Å². The van der Waals surface area contributed by atoms with Gasteiger partial charge in [0.05, 0.1) is 12.7 Å². The van der Waals surface area contributed by atoms with Gasteiger partial charge in [-0.25, -0.2) is 0 Å². The number of aliphatic imine (C=N–C) groups is 1. The Kier molecular flexibility index (Phi) is 6.65.